The topological polar surface area (TPSA) is 22.8 Å². The predicted octanol–water partition coefficient (Wildman–Crippen LogP) is 2.59. The summed E-state index contributed by atoms with van der Waals surface area (Å²) in [6.45, 7) is 6.64. The van der Waals surface area contributed by atoms with Crippen LogP contribution in [0, 0.1) is 6.57 Å². The molecule has 0 aliphatic heterocycles. The van der Waals surface area contributed by atoms with Gasteiger partial charge in [-0.05, 0) is 18.2 Å². The van der Waals surface area contributed by atoms with Crippen molar-refractivity contribution < 1.29 is 9.47 Å². The van der Waals surface area contributed by atoms with E-state index in [-0.39, 0.29) is 0 Å². The summed E-state index contributed by atoms with van der Waals surface area (Å²) < 4.78 is 10.2. The van der Waals surface area contributed by atoms with Crippen LogP contribution in [0.3, 0.4) is 0 Å². The molecular formula is C11H11NO2. The summed E-state index contributed by atoms with van der Waals surface area (Å²) in [5.41, 5.74) is 0.836. The highest BCUT2D eigenvalue weighted by Gasteiger charge is 2.00. The van der Waals surface area contributed by atoms with Crippen molar-refractivity contribution in [2.75, 3.05) is 14.2 Å². The maximum absolute atomic E-state index is 6.64. The van der Waals surface area contributed by atoms with E-state index in [0.29, 0.717) is 0 Å². The Morgan fingerprint density at radius 3 is 2.64 bits per heavy atom. The predicted molar refractivity (Wildman–Crippen MR) is 55.2 cm³/mol. The average molecular weight is 189 g/mol. The fourth-order valence-corrected chi connectivity index (χ4v) is 1.09. The normalized spacial score (nSPS) is 9.79. The van der Waals surface area contributed by atoms with E-state index in [1.165, 1.54) is 6.20 Å². The van der Waals surface area contributed by atoms with Crippen LogP contribution >= 0.6 is 0 Å². The van der Waals surface area contributed by atoms with Crippen molar-refractivity contribution in [3.05, 3.63) is 41.4 Å². The molecule has 0 aromatic heterocycles. The molecule has 0 unspecified atom stereocenters. The first-order valence-corrected chi connectivity index (χ1v) is 4.07. The average Bonchev–Trinajstić information content (AvgIpc) is 2.25. The fraction of sp³-hybridized carbons (Fsp3) is 0.182. The number of hydrogen-bond acceptors (Lipinski definition) is 2. The Labute approximate surface area is 83.4 Å². The lowest BCUT2D eigenvalue weighted by Gasteiger charge is -2.06. The van der Waals surface area contributed by atoms with Gasteiger partial charge in [-0.15, -0.1) is 0 Å². The number of hydrogen-bond donors (Lipinski definition) is 0. The first-order chi connectivity index (χ1) is 6.81. The van der Waals surface area contributed by atoms with Crippen LogP contribution in [0.15, 0.2) is 24.4 Å². The van der Waals surface area contributed by atoms with Gasteiger partial charge in [-0.3, -0.25) is 0 Å². The zero-order valence-electron chi connectivity index (χ0n) is 8.15. The van der Waals surface area contributed by atoms with Crippen LogP contribution in [0.5, 0.6) is 11.5 Å². The minimum atomic E-state index is 0.728. The Morgan fingerprint density at radius 2 is 2.07 bits per heavy atom. The van der Waals surface area contributed by atoms with Crippen molar-refractivity contribution in [1.29, 1.82) is 0 Å². The molecule has 0 bridgehead atoms. The highest BCUT2D eigenvalue weighted by Crippen LogP contribution is 2.24. The first-order valence-electron chi connectivity index (χ1n) is 4.07. The van der Waals surface area contributed by atoms with E-state index in [2.05, 4.69) is 4.85 Å². The third kappa shape index (κ3) is 2.27. The Balaban J connectivity index is 3.09. The van der Waals surface area contributed by atoms with E-state index in [1.54, 1.807) is 20.3 Å². The van der Waals surface area contributed by atoms with E-state index < -0.39 is 0 Å². The summed E-state index contributed by atoms with van der Waals surface area (Å²) in [4.78, 5) is 3.13. The van der Waals surface area contributed by atoms with Gasteiger partial charge in [0, 0.05) is 5.56 Å². The monoisotopic (exact) mass is 189 g/mol. The van der Waals surface area contributed by atoms with Crippen molar-refractivity contribution in [3.63, 3.8) is 0 Å². The molecule has 3 nitrogen and oxygen atoms in total. The molecule has 0 saturated heterocycles. The largest absolute Gasteiger partial charge is 0.497 e. The van der Waals surface area contributed by atoms with E-state index in [4.69, 9.17) is 16.0 Å². The van der Waals surface area contributed by atoms with Crippen molar-refractivity contribution in [2.45, 2.75) is 0 Å². The lowest BCUT2D eigenvalue weighted by molar-refractivity contribution is 0.402. The quantitative estimate of drug-likeness (QED) is 0.682. The van der Waals surface area contributed by atoms with Gasteiger partial charge in [-0.1, -0.05) is 6.08 Å². The minimum Gasteiger partial charge on any atom is -0.497 e. The molecule has 0 aliphatic rings. The Morgan fingerprint density at radius 1 is 1.29 bits per heavy atom. The molecule has 0 aliphatic carbocycles. The van der Waals surface area contributed by atoms with Crippen molar-refractivity contribution >= 4 is 6.08 Å². The van der Waals surface area contributed by atoms with Crippen LogP contribution in [0.2, 0.25) is 0 Å². The fourth-order valence-electron chi connectivity index (χ4n) is 1.09. The summed E-state index contributed by atoms with van der Waals surface area (Å²) in [6.07, 6.45) is 3.08. The van der Waals surface area contributed by atoms with Crippen molar-refractivity contribution in [1.82, 2.24) is 0 Å². The molecule has 72 valence electrons. The zero-order valence-corrected chi connectivity index (χ0v) is 8.15. The lowest BCUT2D eigenvalue weighted by Crippen LogP contribution is -1.88. The number of benzene rings is 1. The van der Waals surface area contributed by atoms with Gasteiger partial charge in [-0.25, -0.2) is 4.85 Å². The highest BCUT2D eigenvalue weighted by atomic mass is 16.5. The summed E-state index contributed by atoms with van der Waals surface area (Å²) in [5.74, 6) is 1.47. The third-order valence-corrected chi connectivity index (χ3v) is 1.77. The van der Waals surface area contributed by atoms with Gasteiger partial charge in [0.1, 0.15) is 11.5 Å². The van der Waals surface area contributed by atoms with Gasteiger partial charge in [0.2, 0.25) is 0 Å². The number of nitrogens with zero attached hydrogens (tertiary/aromatic N) is 1. The Hall–Kier alpha value is -1.95. The molecule has 0 spiro atoms. The second kappa shape index (κ2) is 4.93. The van der Waals surface area contributed by atoms with E-state index in [0.717, 1.165) is 17.1 Å². The smallest absolute Gasteiger partial charge is 0.154 e. The van der Waals surface area contributed by atoms with Gasteiger partial charge in [0.05, 0.1) is 20.8 Å². The molecular weight excluding hydrogens is 178 g/mol. The molecule has 0 saturated carbocycles. The van der Waals surface area contributed by atoms with Crippen LogP contribution in [-0.4, -0.2) is 14.2 Å². The van der Waals surface area contributed by atoms with Crippen molar-refractivity contribution in [2.24, 2.45) is 0 Å². The van der Waals surface area contributed by atoms with Crippen LogP contribution in [0.4, 0.5) is 0 Å². The summed E-state index contributed by atoms with van der Waals surface area (Å²) in [6, 6.07) is 5.44. The van der Waals surface area contributed by atoms with Crippen LogP contribution in [-0.2, 0) is 0 Å². The van der Waals surface area contributed by atoms with Gasteiger partial charge >= 0.3 is 0 Å². The molecule has 0 fully saturated rings. The SMILES string of the molecule is [C-]#[N+]/C=C/c1cc(OC)ccc1OC. The molecule has 0 radical (unpaired) electrons. The van der Waals surface area contributed by atoms with Crippen LogP contribution < -0.4 is 9.47 Å². The molecule has 0 heterocycles. The second-order valence-electron chi connectivity index (χ2n) is 2.55. The molecule has 1 aromatic carbocycles. The van der Waals surface area contributed by atoms with Crippen LogP contribution in [0.1, 0.15) is 5.56 Å². The van der Waals surface area contributed by atoms with Crippen molar-refractivity contribution in [3.8, 4) is 11.5 Å². The second-order valence-corrected chi connectivity index (χ2v) is 2.55. The lowest BCUT2D eigenvalue weighted by atomic mass is 10.2. The van der Waals surface area contributed by atoms with E-state index >= 15 is 0 Å². The van der Waals surface area contributed by atoms with Gasteiger partial charge < -0.3 is 9.47 Å². The molecule has 0 amide bonds. The maximum Gasteiger partial charge on any atom is 0.154 e. The molecule has 0 atom stereocenters. The summed E-state index contributed by atoms with van der Waals surface area (Å²) in [7, 11) is 3.20. The molecule has 3 heteroatoms. The Kier molecular flexibility index (Phi) is 3.57. The Bertz CT molecular complexity index is 377. The first kappa shape index (κ1) is 10.1. The molecule has 1 rings (SSSR count). The highest BCUT2D eigenvalue weighted by molar-refractivity contribution is 5.60. The zero-order chi connectivity index (χ0) is 10.4. The molecule has 14 heavy (non-hydrogen) atoms. The molecule has 1 aromatic rings. The molecule has 0 N–H and O–H groups in total. The maximum atomic E-state index is 6.64. The van der Waals surface area contributed by atoms with E-state index in [9.17, 15) is 0 Å². The summed E-state index contributed by atoms with van der Waals surface area (Å²) >= 11 is 0. The van der Waals surface area contributed by atoms with Gasteiger partial charge in [0.25, 0.3) is 0 Å². The number of ether oxygens (including phenoxy) is 2. The third-order valence-electron chi connectivity index (χ3n) is 1.77. The van der Waals surface area contributed by atoms with E-state index in [1.807, 2.05) is 18.2 Å². The van der Waals surface area contributed by atoms with Gasteiger partial charge in [0.15, 0.2) is 6.20 Å². The minimum absolute atomic E-state index is 0.728. The number of rotatable bonds is 3. The van der Waals surface area contributed by atoms with Gasteiger partial charge in [-0.2, -0.15) is 0 Å². The number of methoxy groups -OCH3 is 2. The van der Waals surface area contributed by atoms with Crippen LogP contribution in [0.25, 0.3) is 10.9 Å². The summed E-state index contributed by atoms with van der Waals surface area (Å²) in [5, 5.41) is 0. The standard InChI is InChI=1S/C11H11NO2/c1-12-7-6-9-8-10(13-2)4-5-11(9)14-3/h4-8H,2-3H3/b7-6+.